The minimum absolute atomic E-state index is 0. The van der Waals surface area contributed by atoms with Gasteiger partial charge >= 0.3 is 58.4 Å². The number of rotatable bonds is 0. The topological polar surface area (TPSA) is 208 Å². The molecule has 0 aliphatic rings. The average Bonchev–Trinajstić information content (AvgIpc) is 1.54. The zero-order valence-corrected chi connectivity index (χ0v) is 14.0. The second kappa shape index (κ2) is 30.1. The van der Waals surface area contributed by atoms with Gasteiger partial charge in [-0.25, -0.2) is 0 Å². The molecule has 15 heavy (non-hydrogen) atoms. The Bertz CT molecular complexity index is 49.1. The SMILES string of the molecule is [O-]P([O-])[O-].[O-]P([O-])[O-].[O-]P([O-])[O-].[Ru+3].[Ru+3].[Ru+3]. The first-order valence-corrected chi connectivity index (χ1v) is 4.93. The first-order chi connectivity index (χ1) is 5.20. The third-order valence-corrected chi connectivity index (χ3v) is 0. The van der Waals surface area contributed by atoms with Crippen LogP contribution in [0.4, 0.5) is 0 Å². The predicted octanol–water partition coefficient (Wildman–Crippen LogP) is -8.12. The first-order valence-electron chi connectivity index (χ1n) is 1.64. The summed E-state index contributed by atoms with van der Waals surface area (Å²) in [6, 6.07) is 0. The van der Waals surface area contributed by atoms with E-state index in [-0.39, 0.29) is 58.4 Å². The summed E-state index contributed by atoms with van der Waals surface area (Å²) in [5, 5.41) is 0. The molecule has 0 aliphatic carbocycles. The van der Waals surface area contributed by atoms with Crippen molar-refractivity contribution in [2.75, 3.05) is 0 Å². The summed E-state index contributed by atoms with van der Waals surface area (Å²) in [4.78, 5) is 76.3. The van der Waals surface area contributed by atoms with Crippen LogP contribution in [0, 0.1) is 0 Å². The van der Waals surface area contributed by atoms with E-state index in [1.54, 1.807) is 0 Å². The summed E-state index contributed by atoms with van der Waals surface area (Å²) in [6.45, 7) is 0. The molecule has 3 radical (unpaired) electrons. The molecule has 0 spiro atoms. The minimum Gasteiger partial charge on any atom is -0.854 e. The summed E-state index contributed by atoms with van der Waals surface area (Å²) in [5.41, 5.74) is 0. The van der Waals surface area contributed by atoms with Crippen molar-refractivity contribution in [2.24, 2.45) is 0 Å². The van der Waals surface area contributed by atoms with Crippen LogP contribution in [0.25, 0.3) is 0 Å². The Morgan fingerprint density at radius 1 is 0.333 bits per heavy atom. The molecule has 0 fully saturated rings. The van der Waals surface area contributed by atoms with Gasteiger partial charge in [-0.3, -0.25) is 0 Å². The molecule has 0 aromatic rings. The van der Waals surface area contributed by atoms with Crippen LogP contribution in [0.2, 0.25) is 0 Å². The van der Waals surface area contributed by atoms with Crippen molar-refractivity contribution in [2.45, 2.75) is 0 Å². The van der Waals surface area contributed by atoms with E-state index in [0.717, 1.165) is 0 Å². The molecule has 0 saturated carbocycles. The van der Waals surface area contributed by atoms with E-state index in [1.165, 1.54) is 0 Å². The Morgan fingerprint density at radius 3 is 0.333 bits per heavy atom. The van der Waals surface area contributed by atoms with Gasteiger partial charge in [0, 0.05) is 0 Å². The van der Waals surface area contributed by atoms with Crippen LogP contribution in [0.1, 0.15) is 0 Å². The molecular weight excluding hydrogens is 540 g/mol. The normalized spacial score (nSPS) is 7.20. The van der Waals surface area contributed by atoms with Crippen LogP contribution in [-0.2, 0) is 58.4 Å². The molecule has 9 nitrogen and oxygen atoms in total. The number of hydrogen-bond acceptors (Lipinski definition) is 9. The van der Waals surface area contributed by atoms with Crippen molar-refractivity contribution < 1.29 is 102 Å². The molecule has 0 unspecified atom stereocenters. The minimum atomic E-state index is -3.37. The van der Waals surface area contributed by atoms with Crippen molar-refractivity contribution in [3.05, 3.63) is 0 Å². The predicted molar refractivity (Wildman–Crippen MR) is 20.8 cm³/mol. The van der Waals surface area contributed by atoms with Crippen molar-refractivity contribution in [1.82, 2.24) is 0 Å². The molecule has 0 amide bonds. The van der Waals surface area contributed by atoms with Gasteiger partial charge in [-0.1, -0.05) is 0 Å². The van der Waals surface area contributed by atoms with Crippen molar-refractivity contribution in [3.63, 3.8) is 0 Å². The summed E-state index contributed by atoms with van der Waals surface area (Å²) >= 11 is 0. The van der Waals surface area contributed by atoms with Gasteiger partial charge in [0.2, 0.25) is 0 Å². The van der Waals surface area contributed by atoms with Gasteiger partial charge in [0.1, 0.15) is 0 Å². The molecular formula is O9P3Ru3. The molecule has 0 rings (SSSR count). The summed E-state index contributed by atoms with van der Waals surface area (Å²) in [5.74, 6) is 0. The second-order valence-electron chi connectivity index (χ2n) is 0.671. The molecule has 0 heterocycles. The molecule has 0 aromatic carbocycles. The molecule has 0 N–H and O–H groups in total. The zero-order chi connectivity index (χ0) is 10.7. The van der Waals surface area contributed by atoms with Crippen LogP contribution in [-0.4, -0.2) is 0 Å². The van der Waals surface area contributed by atoms with Crippen LogP contribution in [0.3, 0.4) is 0 Å². The summed E-state index contributed by atoms with van der Waals surface area (Å²) < 4.78 is 0. The van der Waals surface area contributed by atoms with E-state index in [9.17, 15) is 0 Å². The van der Waals surface area contributed by atoms with E-state index >= 15 is 0 Å². The van der Waals surface area contributed by atoms with Gasteiger partial charge in [-0.05, 0) is 0 Å². The average molecular weight is 540 g/mol. The fourth-order valence-corrected chi connectivity index (χ4v) is 0. The quantitative estimate of drug-likeness (QED) is 0.211. The molecule has 0 atom stereocenters. The van der Waals surface area contributed by atoms with E-state index < -0.39 is 25.8 Å². The summed E-state index contributed by atoms with van der Waals surface area (Å²) in [7, 11) is -10.1. The van der Waals surface area contributed by atoms with E-state index in [2.05, 4.69) is 0 Å². The van der Waals surface area contributed by atoms with Gasteiger partial charge in [-0.2, -0.15) is 0 Å². The first kappa shape index (κ1) is 36.1. The van der Waals surface area contributed by atoms with Gasteiger partial charge in [0.05, 0.1) is 0 Å². The Labute approximate surface area is 127 Å². The van der Waals surface area contributed by atoms with Crippen molar-refractivity contribution >= 4 is 25.8 Å². The maximum atomic E-state index is 8.48. The van der Waals surface area contributed by atoms with E-state index in [0.29, 0.717) is 0 Å². The van der Waals surface area contributed by atoms with Gasteiger partial charge in [0.25, 0.3) is 0 Å². The smallest absolute Gasteiger partial charge is 0.854 e. The Balaban J connectivity index is -0.0000000184. The summed E-state index contributed by atoms with van der Waals surface area (Å²) in [6.07, 6.45) is 0. The number of hydrogen-bond donors (Lipinski definition) is 0. The van der Waals surface area contributed by atoms with Crippen molar-refractivity contribution in [1.29, 1.82) is 0 Å². The van der Waals surface area contributed by atoms with Crippen molar-refractivity contribution in [3.8, 4) is 0 Å². The van der Waals surface area contributed by atoms with Crippen LogP contribution >= 0.6 is 25.8 Å². The molecule has 0 bridgehead atoms. The zero-order valence-electron chi connectivity index (χ0n) is 6.08. The van der Waals surface area contributed by atoms with E-state index in [4.69, 9.17) is 44.0 Å². The van der Waals surface area contributed by atoms with Gasteiger partial charge in [0.15, 0.2) is 0 Å². The standard InChI is InChI=1S/3O3P.3Ru/c3*1-4(2)3;;;/q3*-3;3*+3. The van der Waals surface area contributed by atoms with Gasteiger partial charge in [-0.15, -0.1) is 0 Å². The molecule has 0 aliphatic heterocycles. The molecule has 93 valence electrons. The fourth-order valence-electron chi connectivity index (χ4n) is 0. The van der Waals surface area contributed by atoms with Gasteiger partial charge < -0.3 is 69.8 Å². The largest absolute Gasteiger partial charge is 3.00 e. The fraction of sp³-hybridized carbons (Fsp3) is 0. The third-order valence-electron chi connectivity index (χ3n) is 0. The van der Waals surface area contributed by atoms with Crippen LogP contribution in [0.15, 0.2) is 0 Å². The Hall–Kier alpha value is 2.80. The molecule has 0 aromatic heterocycles. The maximum absolute atomic E-state index is 8.48. The van der Waals surface area contributed by atoms with Crippen LogP contribution < -0.4 is 44.0 Å². The molecule has 15 heteroatoms. The Morgan fingerprint density at radius 2 is 0.333 bits per heavy atom. The maximum Gasteiger partial charge on any atom is 3.00 e. The Kier molecular flexibility index (Phi) is 72.5. The third kappa shape index (κ3) is 469. The second-order valence-corrected chi connectivity index (χ2v) is 2.01. The monoisotopic (exact) mass is 543 g/mol. The van der Waals surface area contributed by atoms with Crippen LogP contribution in [0.5, 0.6) is 0 Å². The van der Waals surface area contributed by atoms with E-state index in [1.807, 2.05) is 0 Å². The molecule has 0 saturated heterocycles.